The molecule has 2 heterocycles. The van der Waals surface area contributed by atoms with E-state index >= 15 is 0 Å². The lowest BCUT2D eigenvalue weighted by molar-refractivity contribution is -0.0172. The molecule has 1 atom stereocenters. The van der Waals surface area contributed by atoms with Crippen molar-refractivity contribution in [3.8, 4) is 5.75 Å². The predicted molar refractivity (Wildman–Crippen MR) is 125 cm³/mol. The lowest BCUT2D eigenvalue weighted by Crippen LogP contribution is -2.41. The van der Waals surface area contributed by atoms with E-state index in [1.54, 1.807) is 13.1 Å². The molecule has 0 aromatic heterocycles. The molecule has 0 radical (unpaired) electrons. The van der Waals surface area contributed by atoms with E-state index in [0.717, 1.165) is 42.3 Å². The number of halogens is 2. The first-order valence-electron chi connectivity index (χ1n) is 10.4. The molecular weight excluding hydrogens is 486 g/mol. The lowest BCUT2D eigenvalue weighted by Gasteiger charge is -2.33. The molecule has 0 amide bonds. The molecule has 1 unspecified atom stereocenters. The average Bonchev–Trinajstić information content (AvgIpc) is 2.70. The fourth-order valence-corrected chi connectivity index (χ4v) is 3.96. The number of aliphatic imine (C=N–C) groups is 1. The summed E-state index contributed by atoms with van der Waals surface area (Å²) in [4.78, 5) is 6.86. The van der Waals surface area contributed by atoms with E-state index < -0.39 is 0 Å². The normalized spacial score (nSPS) is 19.7. The molecule has 0 saturated carbocycles. The Bertz CT molecular complexity index is 674. The molecule has 2 aliphatic rings. The van der Waals surface area contributed by atoms with Gasteiger partial charge in [-0.2, -0.15) is 0 Å². The Morgan fingerprint density at radius 3 is 2.90 bits per heavy atom. The summed E-state index contributed by atoms with van der Waals surface area (Å²) >= 11 is 0. The minimum atomic E-state index is -0.253. The molecule has 3 rings (SSSR count). The van der Waals surface area contributed by atoms with Crippen LogP contribution in [0.1, 0.15) is 43.7 Å². The van der Waals surface area contributed by atoms with Gasteiger partial charge in [-0.25, -0.2) is 4.39 Å². The molecule has 6 nitrogen and oxygen atoms in total. The summed E-state index contributed by atoms with van der Waals surface area (Å²) < 4.78 is 24.6. The number of benzene rings is 1. The number of ether oxygens (including phenoxy) is 2. The fourth-order valence-electron chi connectivity index (χ4n) is 3.96. The number of piperidine rings is 1. The van der Waals surface area contributed by atoms with E-state index in [-0.39, 0.29) is 36.6 Å². The van der Waals surface area contributed by atoms with Gasteiger partial charge >= 0.3 is 0 Å². The van der Waals surface area contributed by atoms with E-state index in [0.29, 0.717) is 25.6 Å². The summed E-state index contributed by atoms with van der Waals surface area (Å²) in [6.07, 6.45) is 5.75. The monoisotopic (exact) mass is 520 g/mol. The van der Waals surface area contributed by atoms with E-state index in [1.165, 1.54) is 31.9 Å². The Labute approximate surface area is 190 Å². The Kier molecular flexibility index (Phi) is 10.4. The maximum absolute atomic E-state index is 13.8. The fraction of sp³-hybridized carbons (Fsp3) is 0.667. The first-order valence-corrected chi connectivity index (χ1v) is 10.4. The molecule has 1 fully saturated rings. The standard InChI is InChI=1S/C21H33FN4O2.HI/c1-16-6-3-4-10-26(16)11-5-8-24-21(23-2)25-9-7-17-12-19(22)13-18-14-27-15-28-20(17)18;/h12-13,16H,3-11,14-15H2,1-2H3,(H2,23,24,25);1H. The van der Waals surface area contributed by atoms with E-state index in [1.807, 2.05) is 0 Å². The maximum atomic E-state index is 13.8. The third-order valence-electron chi connectivity index (χ3n) is 5.52. The van der Waals surface area contributed by atoms with Crippen molar-refractivity contribution in [3.05, 3.63) is 29.1 Å². The maximum Gasteiger partial charge on any atom is 0.190 e. The van der Waals surface area contributed by atoms with Crippen molar-refractivity contribution in [1.29, 1.82) is 0 Å². The van der Waals surface area contributed by atoms with Crippen LogP contribution in [0.2, 0.25) is 0 Å². The van der Waals surface area contributed by atoms with Crippen molar-refractivity contribution in [2.45, 2.75) is 51.7 Å². The molecule has 164 valence electrons. The van der Waals surface area contributed by atoms with Crippen molar-refractivity contribution in [2.75, 3.05) is 40.0 Å². The summed E-state index contributed by atoms with van der Waals surface area (Å²) in [6.45, 7) is 6.83. The summed E-state index contributed by atoms with van der Waals surface area (Å²) in [5.74, 6) is 1.28. The molecule has 29 heavy (non-hydrogen) atoms. The zero-order valence-electron chi connectivity index (χ0n) is 17.5. The van der Waals surface area contributed by atoms with Gasteiger partial charge in [0.1, 0.15) is 11.6 Å². The number of nitrogens with zero attached hydrogens (tertiary/aromatic N) is 2. The molecule has 0 aliphatic carbocycles. The minimum Gasteiger partial charge on any atom is -0.467 e. The zero-order chi connectivity index (χ0) is 19.8. The highest BCUT2D eigenvalue weighted by Crippen LogP contribution is 2.29. The Balaban J connectivity index is 0.00000300. The smallest absolute Gasteiger partial charge is 0.190 e. The van der Waals surface area contributed by atoms with Crippen LogP contribution in [-0.2, 0) is 17.8 Å². The summed E-state index contributed by atoms with van der Waals surface area (Å²) in [5, 5.41) is 6.68. The molecule has 1 aromatic carbocycles. The first kappa shape index (κ1) is 24.1. The SMILES string of the molecule is CN=C(NCCCN1CCCCC1C)NCCc1cc(F)cc2c1OCOC2.I. The van der Waals surface area contributed by atoms with Gasteiger partial charge in [-0.3, -0.25) is 4.99 Å². The lowest BCUT2D eigenvalue weighted by atomic mass is 10.0. The predicted octanol–water partition coefficient (Wildman–Crippen LogP) is 3.28. The van der Waals surface area contributed by atoms with Crippen LogP contribution in [0.3, 0.4) is 0 Å². The quantitative estimate of drug-likeness (QED) is 0.250. The van der Waals surface area contributed by atoms with Crippen LogP contribution in [0.5, 0.6) is 5.75 Å². The van der Waals surface area contributed by atoms with Gasteiger partial charge in [-0.1, -0.05) is 6.42 Å². The molecule has 1 saturated heterocycles. The third kappa shape index (κ3) is 7.25. The molecule has 0 spiro atoms. The summed E-state index contributed by atoms with van der Waals surface area (Å²) in [5.41, 5.74) is 1.64. The highest BCUT2D eigenvalue weighted by molar-refractivity contribution is 14.0. The van der Waals surface area contributed by atoms with Crippen LogP contribution in [0.25, 0.3) is 0 Å². The average molecular weight is 520 g/mol. The van der Waals surface area contributed by atoms with Gasteiger partial charge in [0, 0.05) is 38.3 Å². The number of hydrogen-bond donors (Lipinski definition) is 2. The van der Waals surface area contributed by atoms with Crippen LogP contribution >= 0.6 is 24.0 Å². The number of fused-ring (bicyclic) bond motifs is 1. The molecule has 2 aliphatic heterocycles. The van der Waals surface area contributed by atoms with Crippen molar-refractivity contribution in [1.82, 2.24) is 15.5 Å². The Morgan fingerprint density at radius 2 is 2.10 bits per heavy atom. The highest BCUT2D eigenvalue weighted by Gasteiger charge is 2.18. The molecule has 1 aromatic rings. The number of rotatable bonds is 7. The zero-order valence-corrected chi connectivity index (χ0v) is 19.8. The first-order chi connectivity index (χ1) is 13.7. The van der Waals surface area contributed by atoms with Crippen molar-refractivity contribution in [2.24, 2.45) is 4.99 Å². The van der Waals surface area contributed by atoms with Gasteiger partial charge in [-0.15, -0.1) is 24.0 Å². The van der Waals surface area contributed by atoms with E-state index in [2.05, 4.69) is 27.4 Å². The van der Waals surface area contributed by atoms with E-state index in [4.69, 9.17) is 9.47 Å². The number of nitrogens with one attached hydrogen (secondary N) is 2. The largest absolute Gasteiger partial charge is 0.467 e. The topological polar surface area (TPSA) is 58.1 Å². The summed E-state index contributed by atoms with van der Waals surface area (Å²) in [6, 6.07) is 3.73. The van der Waals surface area contributed by atoms with Crippen molar-refractivity contribution >= 4 is 29.9 Å². The van der Waals surface area contributed by atoms with E-state index in [9.17, 15) is 4.39 Å². The van der Waals surface area contributed by atoms with Gasteiger partial charge in [0.25, 0.3) is 0 Å². The van der Waals surface area contributed by atoms with Crippen molar-refractivity contribution < 1.29 is 13.9 Å². The Morgan fingerprint density at radius 1 is 1.28 bits per heavy atom. The van der Waals surface area contributed by atoms with Crippen LogP contribution < -0.4 is 15.4 Å². The van der Waals surface area contributed by atoms with Crippen LogP contribution in [-0.4, -0.2) is 56.9 Å². The van der Waals surface area contributed by atoms with Crippen molar-refractivity contribution in [3.63, 3.8) is 0 Å². The van der Waals surface area contributed by atoms with Gasteiger partial charge in [0.05, 0.1) is 6.61 Å². The van der Waals surface area contributed by atoms with Gasteiger partial charge in [0.15, 0.2) is 12.8 Å². The second-order valence-electron chi connectivity index (χ2n) is 7.57. The van der Waals surface area contributed by atoms with Gasteiger partial charge < -0.3 is 25.0 Å². The Hall–Kier alpha value is -1.13. The second kappa shape index (κ2) is 12.5. The number of guanidine groups is 1. The van der Waals surface area contributed by atoms with Gasteiger partial charge in [0.2, 0.25) is 0 Å². The van der Waals surface area contributed by atoms with Crippen LogP contribution in [0, 0.1) is 5.82 Å². The molecular formula is C21H34FIN4O2. The van der Waals surface area contributed by atoms with Crippen LogP contribution in [0.15, 0.2) is 17.1 Å². The number of likely N-dealkylation sites (tertiary alicyclic amines) is 1. The van der Waals surface area contributed by atoms with Crippen LogP contribution in [0.4, 0.5) is 4.39 Å². The van der Waals surface area contributed by atoms with Gasteiger partial charge in [-0.05, 0) is 56.8 Å². The molecule has 0 bridgehead atoms. The summed E-state index contributed by atoms with van der Waals surface area (Å²) in [7, 11) is 1.77. The third-order valence-corrected chi connectivity index (χ3v) is 5.52. The second-order valence-corrected chi connectivity index (χ2v) is 7.57. The minimum absolute atomic E-state index is 0. The molecule has 8 heteroatoms. The number of hydrogen-bond acceptors (Lipinski definition) is 4. The molecule has 2 N–H and O–H groups in total. The highest BCUT2D eigenvalue weighted by atomic mass is 127.